The van der Waals surface area contributed by atoms with Crippen molar-refractivity contribution in [2.45, 2.75) is 6.42 Å². The Morgan fingerprint density at radius 1 is 1.00 bits per heavy atom. The molecule has 0 amide bonds. The molecule has 31 heavy (non-hydrogen) atoms. The van der Waals surface area contributed by atoms with Crippen molar-refractivity contribution in [1.29, 1.82) is 0 Å². The Kier molecular flexibility index (Phi) is 4.04. The summed E-state index contributed by atoms with van der Waals surface area (Å²) in [6.07, 6.45) is 4.40. The molecule has 1 aliphatic rings. The number of nitrogens with one attached hydrogen (secondary N) is 1. The van der Waals surface area contributed by atoms with Gasteiger partial charge in [-0.15, -0.1) is 5.10 Å². The molecule has 0 fully saturated rings. The molecule has 1 aliphatic heterocycles. The Morgan fingerprint density at radius 2 is 1.90 bits per heavy atom. The van der Waals surface area contributed by atoms with Gasteiger partial charge >= 0.3 is 0 Å². The minimum Gasteiger partial charge on any atom is -0.479 e. The minimum absolute atomic E-state index is 0.528. The van der Waals surface area contributed by atoms with Crippen molar-refractivity contribution in [2.75, 3.05) is 18.6 Å². The van der Waals surface area contributed by atoms with Gasteiger partial charge in [-0.25, -0.2) is 15.0 Å². The van der Waals surface area contributed by atoms with Crippen LogP contribution >= 0.6 is 11.6 Å². The first-order valence-corrected chi connectivity index (χ1v) is 10.3. The smallest absolute Gasteiger partial charge is 0.241 e. The molecule has 3 aromatic heterocycles. The summed E-state index contributed by atoms with van der Waals surface area (Å²) in [5.41, 5.74) is 5.94. The summed E-state index contributed by atoms with van der Waals surface area (Å²) in [7, 11) is 1.60. The summed E-state index contributed by atoms with van der Waals surface area (Å²) >= 11 is 6.28. The molecule has 5 aromatic rings. The lowest BCUT2D eigenvalue weighted by molar-refractivity contribution is 0.401. The zero-order valence-electron chi connectivity index (χ0n) is 16.6. The number of ether oxygens (including phenoxy) is 1. The van der Waals surface area contributed by atoms with E-state index in [1.165, 1.54) is 5.56 Å². The van der Waals surface area contributed by atoms with Crippen LogP contribution in [0.2, 0.25) is 5.02 Å². The van der Waals surface area contributed by atoms with Gasteiger partial charge in [0.05, 0.1) is 18.0 Å². The molecular formula is C23H17ClN6O. The maximum absolute atomic E-state index is 6.28. The highest BCUT2D eigenvalue weighted by Gasteiger charge is 2.23. The predicted molar refractivity (Wildman–Crippen MR) is 121 cm³/mol. The van der Waals surface area contributed by atoms with Crippen LogP contribution in [0, 0.1) is 0 Å². The van der Waals surface area contributed by atoms with E-state index in [1.54, 1.807) is 13.4 Å². The highest BCUT2D eigenvalue weighted by molar-refractivity contribution is 6.31. The van der Waals surface area contributed by atoms with Gasteiger partial charge in [-0.2, -0.15) is 0 Å². The minimum atomic E-state index is 0.528. The number of H-pyrrole nitrogens is 1. The third kappa shape index (κ3) is 2.89. The van der Waals surface area contributed by atoms with Crippen LogP contribution < -0.4 is 9.64 Å². The van der Waals surface area contributed by atoms with Gasteiger partial charge in [0.25, 0.3) is 0 Å². The fraction of sp³-hybridized carbons (Fsp3) is 0.130. The molecule has 0 aliphatic carbocycles. The van der Waals surface area contributed by atoms with Crippen molar-refractivity contribution in [3.8, 4) is 17.0 Å². The summed E-state index contributed by atoms with van der Waals surface area (Å²) in [6, 6.07) is 14.2. The van der Waals surface area contributed by atoms with Gasteiger partial charge in [0, 0.05) is 34.4 Å². The number of hydrogen-bond acceptors (Lipinski definition) is 6. The summed E-state index contributed by atoms with van der Waals surface area (Å²) in [6.45, 7) is 0.853. The van der Waals surface area contributed by atoms with E-state index in [2.05, 4.69) is 42.2 Å². The summed E-state index contributed by atoms with van der Waals surface area (Å²) in [4.78, 5) is 15.8. The normalized spacial score (nSPS) is 13.2. The van der Waals surface area contributed by atoms with Gasteiger partial charge in [-0.3, -0.25) is 5.10 Å². The van der Waals surface area contributed by atoms with Gasteiger partial charge in [0.15, 0.2) is 5.65 Å². The lowest BCUT2D eigenvalue weighted by atomic mass is 10.0. The van der Waals surface area contributed by atoms with E-state index in [9.17, 15) is 0 Å². The molecule has 4 heterocycles. The SMILES string of the molecule is COc1n[nH]c2ncc(-c3ccc4ncnc(N5CCc6ccc(Cl)cc65)c4c3)cc12. The zero-order chi connectivity index (χ0) is 20.9. The average molecular weight is 429 g/mol. The number of anilines is 2. The van der Waals surface area contributed by atoms with Crippen molar-refractivity contribution in [2.24, 2.45) is 0 Å². The quantitative estimate of drug-likeness (QED) is 0.439. The van der Waals surface area contributed by atoms with Gasteiger partial charge in [-0.1, -0.05) is 23.7 Å². The van der Waals surface area contributed by atoms with Crippen LogP contribution in [-0.2, 0) is 6.42 Å². The monoisotopic (exact) mass is 428 g/mol. The number of fused-ring (bicyclic) bond motifs is 3. The van der Waals surface area contributed by atoms with Gasteiger partial charge < -0.3 is 9.64 Å². The van der Waals surface area contributed by atoms with Crippen LogP contribution in [0.3, 0.4) is 0 Å². The highest BCUT2D eigenvalue weighted by Crippen LogP contribution is 2.39. The first-order chi connectivity index (χ1) is 15.2. The molecule has 0 radical (unpaired) electrons. The van der Waals surface area contributed by atoms with Crippen LogP contribution in [-0.4, -0.2) is 38.8 Å². The summed E-state index contributed by atoms with van der Waals surface area (Å²) in [5.74, 6) is 1.41. The van der Waals surface area contributed by atoms with E-state index >= 15 is 0 Å². The van der Waals surface area contributed by atoms with E-state index in [0.29, 0.717) is 11.5 Å². The number of aromatic nitrogens is 5. The van der Waals surface area contributed by atoms with E-state index in [0.717, 1.165) is 56.9 Å². The lowest BCUT2D eigenvalue weighted by Gasteiger charge is -2.20. The summed E-state index contributed by atoms with van der Waals surface area (Å²) < 4.78 is 5.34. The van der Waals surface area contributed by atoms with Crippen molar-refractivity contribution in [3.05, 3.63) is 65.6 Å². The maximum Gasteiger partial charge on any atom is 0.241 e. The summed E-state index contributed by atoms with van der Waals surface area (Å²) in [5, 5.41) is 9.57. The molecular weight excluding hydrogens is 412 g/mol. The topological polar surface area (TPSA) is 79.8 Å². The number of pyridine rings is 1. The standard InChI is InChI=1S/C23H17ClN6O/c1-31-23-18-9-15(11-25-21(18)28-29-23)14-3-5-19-17(8-14)22(27-12-26-19)30-7-6-13-2-4-16(24)10-20(13)30/h2-5,8-12H,6-7H2,1H3,(H,25,28,29). The molecule has 152 valence electrons. The van der Waals surface area contributed by atoms with E-state index in [-0.39, 0.29) is 0 Å². The number of nitrogens with zero attached hydrogens (tertiary/aromatic N) is 5. The molecule has 7 nitrogen and oxygen atoms in total. The van der Waals surface area contributed by atoms with E-state index in [1.807, 2.05) is 36.5 Å². The predicted octanol–water partition coefficient (Wildman–Crippen LogP) is 4.92. The number of halogens is 1. The first-order valence-electron chi connectivity index (χ1n) is 9.90. The van der Waals surface area contributed by atoms with Crippen molar-refractivity contribution in [1.82, 2.24) is 25.1 Å². The fourth-order valence-electron chi connectivity index (χ4n) is 4.20. The third-order valence-corrected chi connectivity index (χ3v) is 5.96. The average Bonchev–Trinajstić information content (AvgIpc) is 3.41. The van der Waals surface area contributed by atoms with Crippen LogP contribution in [0.4, 0.5) is 11.5 Å². The molecule has 0 bridgehead atoms. The molecule has 0 unspecified atom stereocenters. The second-order valence-electron chi connectivity index (χ2n) is 7.46. The van der Waals surface area contributed by atoms with Gasteiger partial charge in [0.2, 0.25) is 5.88 Å². The maximum atomic E-state index is 6.28. The molecule has 1 N–H and O–H groups in total. The fourth-order valence-corrected chi connectivity index (χ4v) is 4.37. The van der Waals surface area contributed by atoms with Crippen molar-refractivity contribution >= 4 is 45.0 Å². The largest absolute Gasteiger partial charge is 0.479 e. The molecule has 2 aromatic carbocycles. The zero-order valence-corrected chi connectivity index (χ0v) is 17.4. The second-order valence-corrected chi connectivity index (χ2v) is 7.89. The molecule has 0 saturated carbocycles. The van der Waals surface area contributed by atoms with Gasteiger partial charge in [0.1, 0.15) is 12.1 Å². The van der Waals surface area contributed by atoms with Crippen LogP contribution in [0.1, 0.15) is 5.56 Å². The Morgan fingerprint density at radius 3 is 2.81 bits per heavy atom. The Labute approximate surface area is 182 Å². The molecule has 0 saturated heterocycles. The number of aromatic amines is 1. The molecule has 8 heteroatoms. The first kappa shape index (κ1) is 18.1. The van der Waals surface area contributed by atoms with Crippen LogP contribution in [0.5, 0.6) is 5.88 Å². The van der Waals surface area contributed by atoms with Crippen molar-refractivity contribution < 1.29 is 4.74 Å². The number of methoxy groups -OCH3 is 1. The lowest BCUT2D eigenvalue weighted by Crippen LogP contribution is -2.15. The number of hydrogen-bond donors (Lipinski definition) is 1. The second kappa shape index (κ2) is 6.92. The molecule has 0 atom stereocenters. The van der Waals surface area contributed by atoms with E-state index in [4.69, 9.17) is 16.3 Å². The molecule has 0 spiro atoms. The Balaban J connectivity index is 1.50. The highest BCUT2D eigenvalue weighted by atomic mass is 35.5. The van der Waals surface area contributed by atoms with Crippen molar-refractivity contribution in [3.63, 3.8) is 0 Å². The van der Waals surface area contributed by atoms with E-state index < -0.39 is 0 Å². The Bertz CT molecular complexity index is 1460. The van der Waals surface area contributed by atoms with Crippen LogP contribution in [0.25, 0.3) is 33.1 Å². The number of benzene rings is 2. The third-order valence-electron chi connectivity index (χ3n) is 5.72. The Hall–Kier alpha value is -3.71. The number of rotatable bonds is 3. The van der Waals surface area contributed by atoms with Gasteiger partial charge in [-0.05, 0) is 47.9 Å². The van der Waals surface area contributed by atoms with Crippen LogP contribution in [0.15, 0.2) is 55.0 Å². The molecule has 6 rings (SSSR count).